The average molecular weight is 884 g/mol. The first kappa shape index (κ1) is 46.4. The fraction of sp³-hybridized carbons (Fsp3) is 0.568. The Hall–Kier alpha value is -5.15. The number of likely N-dealkylation sites (tertiary alicyclic amines) is 1. The molecule has 2 aromatic carbocycles. The lowest BCUT2D eigenvalue weighted by Crippen LogP contribution is -2.55. The molecule has 0 saturated carbocycles. The van der Waals surface area contributed by atoms with Crippen molar-refractivity contribution in [3.63, 3.8) is 0 Å². The molecule has 336 valence electrons. The number of hydrogen-bond donors (Lipinski definition) is 0. The summed E-state index contributed by atoms with van der Waals surface area (Å²) >= 11 is 0. The van der Waals surface area contributed by atoms with Gasteiger partial charge in [-0.15, -0.1) is 0 Å². The molecule has 2 saturated heterocycles. The molecule has 13 nitrogen and oxygen atoms in total. The maximum Gasteiger partial charge on any atom is 0.421 e. The van der Waals surface area contributed by atoms with Gasteiger partial charge in [0.15, 0.2) is 8.32 Å². The summed E-state index contributed by atoms with van der Waals surface area (Å²) in [5.74, 6) is -0.923. The van der Waals surface area contributed by atoms with E-state index in [4.69, 9.17) is 28.6 Å². The van der Waals surface area contributed by atoms with Gasteiger partial charge >= 0.3 is 24.4 Å². The molecule has 62 heavy (non-hydrogen) atoms. The van der Waals surface area contributed by atoms with Crippen LogP contribution in [-0.2, 0) is 39.6 Å². The second-order valence-corrected chi connectivity index (χ2v) is 23.3. The predicted molar refractivity (Wildman–Crippen MR) is 227 cm³/mol. The highest BCUT2D eigenvalue weighted by molar-refractivity contribution is 6.74. The largest absolute Gasteiger partial charge is 0.461 e. The molecule has 6 rings (SSSR count). The lowest BCUT2D eigenvalue weighted by Gasteiger charge is -2.42. The SMILES string of the molecule is CC(C)(C)OC(=O)N1C[C@@H](O[Si](C)(C)C(C)(C)C)C[C@H]1COc1nc2c(c(N3CCN(C(=O)OCc4ccccc4)[C@@H](CC#N)C3)n1)CCN(c1cccc(F)c1C(F)(F)F)C2. The molecule has 0 spiro atoms. The van der Waals surface area contributed by atoms with Crippen LogP contribution in [0, 0.1) is 17.1 Å². The molecule has 0 unspecified atom stereocenters. The van der Waals surface area contributed by atoms with Gasteiger partial charge in [-0.2, -0.15) is 28.4 Å². The van der Waals surface area contributed by atoms with Crippen molar-refractivity contribution in [3.05, 3.63) is 76.7 Å². The van der Waals surface area contributed by atoms with E-state index >= 15 is 0 Å². The van der Waals surface area contributed by atoms with Gasteiger partial charge in [-0.25, -0.2) is 14.0 Å². The van der Waals surface area contributed by atoms with Crippen LogP contribution in [0.3, 0.4) is 0 Å². The monoisotopic (exact) mass is 883 g/mol. The number of piperazine rings is 1. The molecule has 0 N–H and O–H groups in total. The second kappa shape index (κ2) is 18.3. The number of aromatic nitrogens is 2. The van der Waals surface area contributed by atoms with Gasteiger partial charge in [0, 0.05) is 38.3 Å². The van der Waals surface area contributed by atoms with E-state index in [0.29, 0.717) is 30.0 Å². The lowest BCUT2D eigenvalue weighted by molar-refractivity contribution is -0.139. The number of ether oxygens (including phenoxy) is 3. The number of rotatable bonds is 10. The molecule has 0 aliphatic carbocycles. The minimum absolute atomic E-state index is 0.00142. The topological polar surface area (TPSA) is 134 Å². The van der Waals surface area contributed by atoms with E-state index < -0.39 is 55.7 Å². The first-order chi connectivity index (χ1) is 29.0. The van der Waals surface area contributed by atoms with Crippen molar-refractivity contribution in [1.29, 1.82) is 5.26 Å². The summed E-state index contributed by atoms with van der Waals surface area (Å²) in [6.07, 6.45) is -5.64. The number of benzene rings is 2. The molecule has 3 aliphatic rings. The summed E-state index contributed by atoms with van der Waals surface area (Å²) in [6, 6.07) is 13.6. The van der Waals surface area contributed by atoms with Gasteiger partial charge in [0.1, 0.15) is 36.0 Å². The van der Waals surface area contributed by atoms with Crippen molar-refractivity contribution >= 4 is 32.0 Å². The van der Waals surface area contributed by atoms with E-state index in [1.807, 2.05) is 35.2 Å². The summed E-state index contributed by atoms with van der Waals surface area (Å²) < 4.78 is 82.0. The van der Waals surface area contributed by atoms with Crippen LogP contribution in [0.1, 0.15) is 76.8 Å². The first-order valence-corrected chi connectivity index (χ1v) is 23.9. The van der Waals surface area contributed by atoms with E-state index in [9.17, 15) is 32.4 Å². The fourth-order valence-electron chi connectivity index (χ4n) is 7.77. The molecule has 3 aliphatic heterocycles. The lowest BCUT2D eigenvalue weighted by atomic mass is 10.0. The van der Waals surface area contributed by atoms with Crippen molar-refractivity contribution in [2.24, 2.45) is 0 Å². The molecular weight excluding hydrogens is 827 g/mol. The average Bonchev–Trinajstić information content (AvgIpc) is 3.59. The third-order valence-electron chi connectivity index (χ3n) is 11.9. The number of alkyl halides is 3. The summed E-state index contributed by atoms with van der Waals surface area (Å²) in [7, 11) is -2.24. The van der Waals surface area contributed by atoms with Gasteiger partial charge in [0.05, 0.1) is 48.6 Å². The Kier molecular flexibility index (Phi) is 13.7. The summed E-state index contributed by atoms with van der Waals surface area (Å²) in [6.45, 7) is 17.1. The van der Waals surface area contributed by atoms with E-state index in [0.717, 1.165) is 11.6 Å². The highest BCUT2D eigenvalue weighted by Crippen LogP contribution is 2.42. The Bertz CT molecular complexity index is 2130. The minimum atomic E-state index is -4.95. The normalized spacial score (nSPS) is 19.8. The molecule has 1 aromatic heterocycles. The number of halogens is 4. The number of carbonyl (C=O) groups is 2. The minimum Gasteiger partial charge on any atom is -0.461 e. The zero-order valence-corrected chi connectivity index (χ0v) is 37.7. The smallest absolute Gasteiger partial charge is 0.421 e. The quantitative estimate of drug-likeness (QED) is 0.143. The van der Waals surface area contributed by atoms with Crippen molar-refractivity contribution in [1.82, 2.24) is 19.8 Å². The third kappa shape index (κ3) is 10.9. The van der Waals surface area contributed by atoms with Crippen molar-refractivity contribution in [2.45, 2.75) is 122 Å². The number of carbonyl (C=O) groups excluding carboxylic acids is 2. The van der Waals surface area contributed by atoms with Gasteiger partial charge in [0.25, 0.3) is 0 Å². The molecule has 3 aromatic rings. The molecule has 2 fully saturated rings. The van der Waals surface area contributed by atoms with Gasteiger partial charge in [-0.3, -0.25) is 4.90 Å². The number of nitrogens with zero attached hydrogens (tertiary/aromatic N) is 7. The van der Waals surface area contributed by atoms with Crippen LogP contribution in [0.25, 0.3) is 0 Å². The summed E-state index contributed by atoms with van der Waals surface area (Å²) in [4.78, 5) is 43.1. The first-order valence-electron chi connectivity index (χ1n) is 20.9. The van der Waals surface area contributed by atoms with Crippen LogP contribution in [0.5, 0.6) is 6.01 Å². The molecule has 2 amide bonds. The van der Waals surface area contributed by atoms with Crippen LogP contribution in [0.15, 0.2) is 48.5 Å². The molecule has 4 heterocycles. The Balaban J connectivity index is 1.30. The zero-order chi connectivity index (χ0) is 45.2. The molecule has 0 bridgehead atoms. The number of hydrogen-bond acceptors (Lipinski definition) is 11. The van der Waals surface area contributed by atoms with Crippen LogP contribution >= 0.6 is 0 Å². The number of anilines is 2. The highest BCUT2D eigenvalue weighted by atomic mass is 28.4. The number of nitriles is 1. The second-order valence-electron chi connectivity index (χ2n) is 18.6. The van der Waals surface area contributed by atoms with Gasteiger partial charge in [-0.1, -0.05) is 57.2 Å². The van der Waals surface area contributed by atoms with Crippen molar-refractivity contribution in [3.8, 4) is 12.1 Å². The predicted octanol–water partition coefficient (Wildman–Crippen LogP) is 8.72. The van der Waals surface area contributed by atoms with E-state index in [1.54, 1.807) is 25.7 Å². The molecule has 0 radical (unpaired) electrons. The third-order valence-corrected chi connectivity index (χ3v) is 16.4. The van der Waals surface area contributed by atoms with Crippen molar-refractivity contribution in [2.75, 3.05) is 49.1 Å². The van der Waals surface area contributed by atoms with E-state index in [2.05, 4.69) is 39.9 Å². The zero-order valence-electron chi connectivity index (χ0n) is 36.7. The molecular formula is C44H57F4N7O6Si. The van der Waals surface area contributed by atoms with Crippen LogP contribution < -0.4 is 14.5 Å². The summed E-state index contributed by atoms with van der Waals surface area (Å²) in [5, 5.41) is 9.75. The van der Waals surface area contributed by atoms with E-state index in [1.165, 1.54) is 21.9 Å². The molecule has 18 heteroatoms. The Morgan fingerprint density at radius 3 is 2.27 bits per heavy atom. The summed E-state index contributed by atoms with van der Waals surface area (Å²) in [5.41, 5.74) is -0.575. The number of amides is 2. The van der Waals surface area contributed by atoms with Crippen LogP contribution in [0.2, 0.25) is 18.1 Å². The van der Waals surface area contributed by atoms with E-state index in [-0.39, 0.29) is 81.6 Å². The van der Waals surface area contributed by atoms with Gasteiger partial charge in [-0.05, 0) is 69.4 Å². The van der Waals surface area contributed by atoms with Crippen LogP contribution in [0.4, 0.5) is 38.7 Å². The number of fused-ring (bicyclic) bond motifs is 1. The van der Waals surface area contributed by atoms with Crippen LogP contribution in [-0.4, -0.2) is 103 Å². The van der Waals surface area contributed by atoms with Crippen molar-refractivity contribution < 1.29 is 45.8 Å². The van der Waals surface area contributed by atoms with Gasteiger partial charge in [0.2, 0.25) is 0 Å². The Morgan fingerprint density at radius 1 is 0.887 bits per heavy atom. The van der Waals surface area contributed by atoms with Gasteiger partial charge < -0.3 is 33.3 Å². The Morgan fingerprint density at radius 2 is 1.61 bits per heavy atom. The highest BCUT2D eigenvalue weighted by Gasteiger charge is 2.45. The standard InChI is InChI=1S/C44H57F4N7O6Si/c1-42(2,3)60-41(57)55-25-32(61-62(7,8)43(4,5)6)23-31(55)28-58-39-50-35-26-52(36-16-12-15-34(45)37(36)44(46,47)48)20-18-33(35)38(51-39)53-21-22-54(30(24-53)17-19-49)40(56)59-27-29-13-10-9-11-14-29/h9-16,30-32H,17-18,20-28H2,1-8H3/t30-,31-,32-/m0/s1. The molecule has 3 atom stereocenters. The maximum absolute atomic E-state index is 14.8. The fourth-order valence-corrected chi connectivity index (χ4v) is 9.13. The Labute approximate surface area is 362 Å². The maximum atomic E-state index is 14.8.